The first-order valence-corrected chi connectivity index (χ1v) is 15.8. The summed E-state index contributed by atoms with van der Waals surface area (Å²) >= 11 is 0. The van der Waals surface area contributed by atoms with E-state index in [0.717, 1.165) is 18.0 Å². The zero-order valence-electron chi connectivity index (χ0n) is 22.1. The summed E-state index contributed by atoms with van der Waals surface area (Å²) in [5.41, 5.74) is 4.81. The summed E-state index contributed by atoms with van der Waals surface area (Å²) in [5.74, 6) is 2.09. The number of amides is 1. The van der Waals surface area contributed by atoms with Gasteiger partial charge in [-0.15, -0.1) is 0 Å². The van der Waals surface area contributed by atoms with Gasteiger partial charge in [0.1, 0.15) is 0 Å². The number of hydrogen-bond donors (Lipinski definition) is 0. The highest BCUT2D eigenvalue weighted by atomic mass is 32.2. The Morgan fingerprint density at radius 3 is 2.32 bits per heavy atom. The molecule has 2 unspecified atom stereocenters. The zero-order chi connectivity index (χ0) is 26.3. The van der Waals surface area contributed by atoms with E-state index >= 15 is 0 Å². The molecular weight excluding hydrogens is 494 g/mol. The third kappa shape index (κ3) is 5.44. The van der Waals surface area contributed by atoms with Crippen LogP contribution in [0.5, 0.6) is 0 Å². The number of nitrogens with zero attached hydrogens (tertiary/aromatic N) is 3. The van der Waals surface area contributed by atoms with E-state index in [9.17, 15) is 13.2 Å². The van der Waals surface area contributed by atoms with Crippen LogP contribution in [-0.4, -0.2) is 47.8 Å². The van der Waals surface area contributed by atoms with Crippen LogP contribution in [0.25, 0.3) is 0 Å². The molecule has 38 heavy (non-hydrogen) atoms. The number of likely N-dealkylation sites (tertiary alicyclic amines) is 1. The van der Waals surface area contributed by atoms with Gasteiger partial charge in [0, 0.05) is 49.5 Å². The first-order valence-electron chi connectivity index (χ1n) is 14.1. The Balaban J connectivity index is 1.20. The van der Waals surface area contributed by atoms with Crippen LogP contribution in [-0.2, 0) is 27.6 Å². The van der Waals surface area contributed by atoms with Gasteiger partial charge in [-0.3, -0.25) is 9.48 Å². The Hall–Kier alpha value is -2.93. The maximum Gasteiger partial charge on any atom is 0.222 e. The maximum absolute atomic E-state index is 13.4. The largest absolute Gasteiger partial charge is 0.341 e. The molecule has 1 aromatic heterocycles. The second-order valence-corrected chi connectivity index (χ2v) is 13.6. The van der Waals surface area contributed by atoms with Gasteiger partial charge in [-0.2, -0.15) is 5.10 Å². The number of carbonyl (C=O) groups is 1. The molecule has 6 nitrogen and oxygen atoms in total. The topological polar surface area (TPSA) is 72.3 Å². The van der Waals surface area contributed by atoms with Crippen molar-refractivity contribution in [2.24, 2.45) is 5.92 Å². The highest BCUT2D eigenvalue weighted by Gasteiger charge is 2.40. The van der Waals surface area contributed by atoms with E-state index in [-0.39, 0.29) is 23.5 Å². The van der Waals surface area contributed by atoms with Gasteiger partial charge in [-0.1, -0.05) is 49.4 Å². The normalized spacial score (nSPS) is 21.7. The third-order valence-electron chi connectivity index (χ3n) is 8.52. The molecule has 2 atom stereocenters. The predicted octanol–water partition coefficient (Wildman–Crippen LogP) is 5.31. The van der Waals surface area contributed by atoms with E-state index in [2.05, 4.69) is 41.1 Å². The fourth-order valence-electron chi connectivity index (χ4n) is 5.80. The second-order valence-electron chi connectivity index (χ2n) is 11.4. The molecule has 200 valence electrons. The van der Waals surface area contributed by atoms with Crippen molar-refractivity contribution in [3.8, 4) is 0 Å². The lowest BCUT2D eigenvalue weighted by Gasteiger charge is -2.20. The smallest absolute Gasteiger partial charge is 0.222 e. The molecule has 3 aliphatic rings. The average molecular weight is 532 g/mol. The molecule has 1 aliphatic heterocycles. The van der Waals surface area contributed by atoms with Gasteiger partial charge in [0.25, 0.3) is 0 Å². The van der Waals surface area contributed by atoms with E-state index in [4.69, 9.17) is 5.10 Å². The van der Waals surface area contributed by atoms with Gasteiger partial charge in [0.15, 0.2) is 9.84 Å². The molecule has 2 heterocycles. The van der Waals surface area contributed by atoms with Crippen LogP contribution in [0.1, 0.15) is 79.3 Å². The maximum atomic E-state index is 13.4. The Morgan fingerprint density at radius 1 is 0.947 bits per heavy atom. The second kappa shape index (κ2) is 10.3. The molecule has 6 rings (SSSR count). The van der Waals surface area contributed by atoms with E-state index in [0.29, 0.717) is 36.7 Å². The van der Waals surface area contributed by atoms with Crippen molar-refractivity contribution in [1.29, 1.82) is 0 Å². The Labute approximate surface area is 226 Å². The lowest BCUT2D eigenvalue weighted by atomic mass is 9.86. The standard InChI is InChI=1S/C31H37N3O3S/c1-2-38(36,37)26-15-10-22(11-16-26)12-17-31(35)33-20-27(24-6-4-3-5-7-24)28(21-33)30-18-29(25-13-14-25)32-34(30)19-23-8-9-23/h3-7,10-11,15-16,18,23,25,27-28H,2,8-9,12-14,17,19-21H2,1H3. The third-order valence-corrected chi connectivity index (χ3v) is 10.3. The van der Waals surface area contributed by atoms with E-state index in [1.165, 1.54) is 42.6 Å². The fraction of sp³-hybridized carbons (Fsp3) is 0.484. The Bertz CT molecular complexity index is 1390. The van der Waals surface area contributed by atoms with Crippen molar-refractivity contribution in [3.63, 3.8) is 0 Å². The minimum atomic E-state index is -3.21. The molecule has 3 aromatic rings. The molecule has 0 N–H and O–H groups in total. The average Bonchev–Trinajstić information content (AvgIpc) is 3.87. The minimum Gasteiger partial charge on any atom is -0.341 e. The number of sulfone groups is 1. The molecule has 7 heteroatoms. The van der Waals surface area contributed by atoms with Crippen molar-refractivity contribution >= 4 is 15.7 Å². The minimum absolute atomic E-state index is 0.0885. The molecule has 2 aliphatic carbocycles. The van der Waals surface area contributed by atoms with E-state index in [1.807, 2.05) is 17.0 Å². The molecule has 1 saturated heterocycles. The van der Waals surface area contributed by atoms with E-state index < -0.39 is 9.84 Å². The molecule has 3 fully saturated rings. The van der Waals surface area contributed by atoms with Gasteiger partial charge in [-0.25, -0.2) is 8.42 Å². The van der Waals surface area contributed by atoms with Crippen LogP contribution >= 0.6 is 0 Å². The summed E-state index contributed by atoms with van der Waals surface area (Å²) in [6.45, 7) is 4.08. The number of aryl methyl sites for hydroxylation is 1. The lowest BCUT2D eigenvalue weighted by molar-refractivity contribution is -0.130. The van der Waals surface area contributed by atoms with Gasteiger partial charge in [-0.05, 0) is 67.3 Å². The van der Waals surface area contributed by atoms with Gasteiger partial charge < -0.3 is 4.90 Å². The SMILES string of the molecule is CCS(=O)(=O)c1ccc(CCC(=O)N2CC(c3ccccc3)C(c3cc(C4CC4)nn3CC3CC3)C2)cc1. The van der Waals surface area contributed by atoms with Crippen LogP contribution in [0.15, 0.2) is 65.6 Å². The quantitative estimate of drug-likeness (QED) is 0.356. The molecule has 2 aromatic carbocycles. The van der Waals surface area contributed by atoms with Crippen molar-refractivity contribution in [2.75, 3.05) is 18.8 Å². The van der Waals surface area contributed by atoms with Crippen LogP contribution in [0.4, 0.5) is 0 Å². The highest BCUT2D eigenvalue weighted by Crippen LogP contribution is 2.45. The van der Waals surface area contributed by atoms with Crippen molar-refractivity contribution in [3.05, 3.63) is 83.2 Å². The first-order chi connectivity index (χ1) is 18.4. The van der Waals surface area contributed by atoms with Crippen molar-refractivity contribution in [2.45, 2.75) is 74.6 Å². The van der Waals surface area contributed by atoms with Crippen LogP contribution in [0, 0.1) is 5.92 Å². The molecule has 0 spiro atoms. The summed E-state index contributed by atoms with van der Waals surface area (Å²) in [6, 6.07) is 20.0. The van der Waals surface area contributed by atoms with Gasteiger partial charge >= 0.3 is 0 Å². The lowest BCUT2D eigenvalue weighted by Crippen LogP contribution is -2.29. The first kappa shape index (κ1) is 25.4. The summed E-state index contributed by atoms with van der Waals surface area (Å²) in [5, 5.41) is 5.07. The molecule has 2 saturated carbocycles. The van der Waals surface area contributed by atoms with Crippen molar-refractivity contribution in [1.82, 2.24) is 14.7 Å². The van der Waals surface area contributed by atoms with E-state index in [1.54, 1.807) is 19.1 Å². The molecule has 0 radical (unpaired) electrons. The predicted molar refractivity (Wildman–Crippen MR) is 148 cm³/mol. The van der Waals surface area contributed by atoms with Crippen molar-refractivity contribution < 1.29 is 13.2 Å². The Kier molecular flexibility index (Phi) is 6.89. The summed E-state index contributed by atoms with van der Waals surface area (Å²) in [6.07, 6.45) is 6.09. The Morgan fingerprint density at radius 2 is 1.66 bits per heavy atom. The summed E-state index contributed by atoms with van der Waals surface area (Å²) in [7, 11) is -3.21. The number of rotatable bonds is 10. The fourth-order valence-corrected chi connectivity index (χ4v) is 6.69. The number of aromatic nitrogens is 2. The van der Waals surface area contributed by atoms with Crippen LogP contribution in [0.3, 0.4) is 0 Å². The summed E-state index contributed by atoms with van der Waals surface area (Å²) < 4.78 is 26.5. The molecule has 1 amide bonds. The zero-order valence-corrected chi connectivity index (χ0v) is 22.9. The molecular formula is C31H37N3O3S. The highest BCUT2D eigenvalue weighted by molar-refractivity contribution is 7.91. The summed E-state index contributed by atoms with van der Waals surface area (Å²) in [4.78, 5) is 15.8. The van der Waals surface area contributed by atoms with Gasteiger partial charge in [0.2, 0.25) is 5.91 Å². The monoisotopic (exact) mass is 531 g/mol. The van der Waals surface area contributed by atoms with Gasteiger partial charge in [0.05, 0.1) is 16.3 Å². The van der Waals surface area contributed by atoms with Crippen LogP contribution in [0.2, 0.25) is 0 Å². The number of benzene rings is 2. The number of carbonyl (C=O) groups excluding carboxylic acids is 1. The number of hydrogen-bond acceptors (Lipinski definition) is 4. The molecule has 0 bridgehead atoms. The van der Waals surface area contributed by atoms with Crippen LogP contribution < -0.4 is 0 Å².